The van der Waals surface area contributed by atoms with Gasteiger partial charge in [0.1, 0.15) is 12.4 Å². The van der Waals surface area contributed by atoms with Gasteiger partial charge in [-0.05, 0) is 48.4 Å². The summed E-state index contributed by atoms with van der Waals surface area (Å²) in [5, 5.41) is 0. The van der Waals surface area contributed by atoms with Gasteiger partial charge in [-0.1, -0.05) is 59.9 Å². The molecule has 0 aliphatic carbocycles. The number of aromatic nitrogens is 2. The molecule has 0 saturated heterocycles. The summed E-state index contributed by atoms with van der Waals surface area (Å²) in [5.41, 5.74) is 2.43. The number of hydrogen-bond acceptors (Lipinski definition) is 6. The number of thiazole rings is 1. The Balaban J connectivity index is 1.61. The van der Waals surface area contributed by atoms with Crippen LogP contribution in [0.5, 0.6) is 0 Å². The van der Waals surface area contributed by atoms with Crippen LogP contribution >= 0.6 is 11.3 Å². The SMILES string of the molecule is CC1=C(C(=O)OCc2ccccc2)[C@@H](c2ccc(F)cc2)n2c(s/c(=C/c3ccccn3)c2=O)=N1. The molecule has 0 unspecified atom stereocenters. The number of pyridine rings is 1. The van der Waals surface area contributed by atoms with Crippen molar-refractivity contribution in [2.45, 2.75) is 19.6 Å². The van der Waals surface area contributed by atoms with E-state index in [1.807, 2.05) is 36.4 Å². The van der Waals surface area contributed by atoms with Gasteiger partial charge in [-0.25, -0.2) is 14.2 Å². The minimum Gasteiger partial charge on any atom is -0.457 e. The Bertz CT molecular complexity index is 1590. The fourth-order valence-corrected chi connectivity index (χ4v) is 4.97. The highest BCUT2D eigenvalue weighted by molar-refractivity contribution is 7.07. The lowest BCUT2D eigenvalue weighted by molar-refractivity contribution is -0.140. The topological polar surface area (TPSA) is 73.6 Å². The van der Waals surface area contributed by atoms with Crippen LogP contribution in [-0.4, -0.2) is 15.5 Å². The number of rotatable bonds is 5. The van der Waals surface area contributed by atoms with Crippen LogP contribution in [0.1, 0.15) is 29.8 Å². The van der Waals surface area contributed by atoms with E-state index in [0.29, 0.717) is 26.3 Å². The molecule has 4 aromatic rings. The van der Waals surface area contributed by atoms with Gasteiger partial charge in [0.25, 0.3) is 5.56 Å². The molecule has 0 fully saturated rings. The summed E-state index contributed by atoms with van der Waals surface area (Å²) in [6.07, 6.45) is 3.34. The number of halogens is 1. The molecule has 1 atom stereocenters. The first-order chi connectivity index (χ1) is 17.0. The molecule has 174 valence electrons. The lowest BCUT2D eigenvalue weighted by atomic mass is 9.96. The van der Waals surface area contributed by atoms with Crippen molar-refractivity contribution in [2.24, 2.45) is 4.99 Å². The lowest BCUT2D eigenvalue weighted by Crippen LogP contribution is -2.39. The highest BCUT2D eigenvalue weighted by Gasteiger charge is 2.33. The molecular weight excluding hydrogens is 465 g/mol. The van der Waals surface area contributed by atoms with E-state index in [1.54, 1.807) is 43.5 Å². The van der Waals surface area contributed by atoms with Crippen molar-refractivity contribution in [3.05, 3.63) is 133 Å². The number of benzene rings is 2. The summed E-state index contributed by atoms with van der Waals surface area (Å²) >= 11 is 1.21. The van der Waals surface area contributed by atoms with Gasteiger partial charge in [-0.2, -0.15) is 0 Å². The Morgan fingerprint density at radius 1 is 1.09 bits per heavy atom. The zero-order chi connectivity index (χ0) is 24.4. The Kier molecular flexibility index (Phi) is 6.20. The van der Waals surface area contributed by atoms with E-state index in [-0.39, 0.29) is 17.7 Å². The van der Waals surface area contributed by atoms with Gasteiger partial charge in [0.05, 0.1) is 27.5 Å². The van der Waals surface area contributed by atoms with Gasteiger partial charge in [0.2, 0.25) is 0 Å². The van der Waals surface area contributed by atoms with E-state index in [9.17, 15) is 14.0 Å². The molecule has 1 aliphatic rings. The normalized spacial score (nSPS) is 15.5. The molecule has 0 amide bonds. The summed E-state index contributed by atoms with van der Waals surface area (Å²) in [6.45, 7) is 1.79. The van der Waals surface area contributed by atoms with Crippen LogP contribution in [0.25, 0.3) is 6.08 Å². The van der Waals surface area contributed by atoms with Crippen LogP contribution in [0.2, 0.25) is 0 Å². The van der Waals surface area contributed by atoms with Crippen LogP contribution in [0.4, 0.5) is 4.39 Å². The first-order valence-electron chi connectivity index (χ1n) is 10.9. The zero-order valence-electron chi connectivity index (χ0n) is 18.7. The number of nitrogens with zero attached hydrogens (tertiary/aromatic N) is 3. The lowest BCUT2D eigenvalue weighted by Gasteiger charge is -2.24. The molecule has 2 aromatic heterocycles. The zero-order valence-corrected chi connectivity index (χ0v) is 19.5. The Morgan fingerprint density at radius 2 is 1.83 bits per heavy atom. The molecule has 6 nitrogen and oxygen atoms in total. The first-order valence-corrected chi connectivity index (χ1v) is 11.7. The molecule has 35 heavy (non-hydrogen) atoms. The summed E-state index contributed by atoms with van der Waals surface area (Å²) in [4.78, 5) is 36.1. The second kappa shape index (κ2) is 9.60. The van der Waals surface area contributed by atoms with Crippen LogP contribution < -0.4 is 14.9 Å². The summed E-state index contributed by atoms with van der Waals surface area (Å²) in [5.74, 6) is -0.992. The number of hydrogen-bond donors (Lipinski definition) is 0. The fourth-order valence-electron chi connectivity index (χ4n) is 3.94. The highest BCUT2D eigenvalue weighted by Crippen LogP contribution is 2.31. The van der Waals surface area contributed by atoms with E-state index in [1.165, 1.54) is 28.0 Å². The van der Waals surface area contributed by atoms with Crippen LogP contribution in [-0.2, 0) is 16.1 Å². The van der Waals surface area contributed by atoms with Crippen LogP contribution in [0.15, 0.2) is 100 Å². The van der Waals surface area contributed by atoms with Gasteiger partial charge in [-0.3, -0.25) is 14.3 Å². The average Bonchev–Trinajstić information content (AvgIpc) is 3.17. The second-order valence-electron chi connectivity index (χ2n) is 7.95. The molecule has 0 bridgehead atoms. The van der Waals surface area contributed by atoms with E-state index in [2.05, 4.69) is 9.98 Å². The predicted molar refractivity (Wildman–Crippen MR) is 131 cm³/mol. The molecule has 2 aromatic carbocycles. The van der Waals surface area contributed by atoms with Crippen LogP contribution in [0.3, 0.4) is 0 Å². The largest absolute Gasteiger partial charge is 0.457 e. The number of carbonyl (C=O) groups is 1. The molecular formula is C27H20FN3O3S. The Hall–Kier alpha value is -4.17. The van der Waals surface area contributed by atoms with Crippen molar-refractivity contribution >= 4 is 23.4 Å². The third kappa shape index (κ3) is 4.61. The maximum atomic E-state index is 13.7. The minimum absolute atomic E-state index is 0.0800. The van der Waals surface area contributed by atoms with Crippen molar-refractivity contribution in [1.82, 2.24) is 9.55 Å². The number of allylic oxidation sites excluding steroid dienone is 1. The van der Waals surface area contributed by atoms with Crippen molar-refractivity contribution in [3.8, 4) is 0 Å². The smallest absolute Gasteiger partial charge is 0.338 e. The highest BCUT2D eigenvalue weighted by atomic mass is 32.1. The number of fused-ring (bicyclic) bond motifs is 1. The summed E-state index contributed by atoms with van der Waals surface area (Å²) in [7, 11) is 0. The van der Waals surface area contributed by atoms with E-state index >= 15 is 0 Å². The molecule has 3 heterocycles. The van der Waals surface area contributed by atoms with Crippen molar-refractivity contribution in [3.63, 3.8) is 0 Å². The maximum absolute atomic E-state index is 13.7. The monoisotopic (exact) mass is 485 g/mol. The standard InChI is InChI=1S/C27H20FN3O3S/c1-17-23(26(33)34-16-18-7-3-2-4-8-18)24(19-10-12-20(28)13-11-19)31-25(32)22(35-27(31)30-17)15-21-9-5-6-14-29-21/h2-15,24H,16H2,1H3/b22-15+/t24-/m1/s1. The number of carbonyl (C=O) groups excluding carboxylic acids is 1. The van der Waals surface area contributed by atoms with Gasteiger partial charge in [0.15, 0.2) is 4.80 Å². The van der Waals surface area contributed by atoms with Gasteiger partial charge >= 0.3 is 5.97 Å². The van der Waals surface area contributed by atoms with Crippen molar-refractivity contribution in [2.75, 3.05) is 0 Å². The maximum Gasteiger partial charge on any atom is 0.338 e. The van der Waals surface area contributed by atoms with Gasteiger partial charge in [0, 0.05) is 6.20 Å². The summed E-state index contributed by atoms with van der Waals surface area (Å²) < 4.78 is 21.2. The molecule has 1 aliphatic heterocycles. The number of ether oxygens (including phenoxy) is 1. The quantitative estimate of drug-likeness (QED) is 0.406. The number of esters is 1. The predicted octanol–water partition coefficient (Wildman–Crippen LogP) is 3.51. The van der Waals surface area contributed by atoms with Crippen molar-refractivity contribution < 1.29 is 13.9 Å². The Labute approximate surface area is 204 Å². The minimum atomic E-state index is -0.805. The van der Waals surface area contributed by atoms with Gasteiger partial charge in [-0.15, -0.1) is 0 Å². The fraction of sp³-hybridized carbons (Fsp3) is 0.111. The molecule has 5 rings (SSSR count). The third-order valence-electron chi connectivity index (χ3n) is 5.61. The molecule has 0 radical (unpaired) electrons. The van der Waals surface area contributed by atoms with Gasteiger partial charge < -0.3 is 4.74 Å². The van der Waals surface area contributed by atoms with Crippen molar-refractivity contribution in [1.29, 1.82) is 0 Å². The molecule has 0 spiro atoms. The third-order valence-corrected chi connectivity index (χ3v) is 6.59. The van der Waals surface area contributed by atoms with E-state index in [0.717, 1.165) is 5.56 Å². The summed E-state index contributed by atoms with van der Waals surface area (Å²) in [6, 6.07) is 19.7. The molecule has 8 heteroatoms. The van der Waals surface area contributed by atoms with E-state index in [4.69, 9.17) is 4.74 Å². The molecule has 0 saturated carbocycles. The van der Waals surface area contributed by atoms with E-state index < -0.39 is 17.8 Å². The van der Waals surface area contributed by atoms with Crippen LogP contribution in [0, 0.1) is 5.82 Å². The molecule has 0 N–H and O–H groups in total. The first kappa shape index (κ1) is 22.6. The Morgan fingerprint density at radius 3 is 2.54 bits per heavy atom. The second-order valence-corrected chi connectivity index (χ2v) is 8.96. The average molecular weight is 486 g/mol.